The van der Waals surface area contributed by atoms with Gasteiger partial charge in [0.05, 0.1) is 5.56 Å². The van der Waals surface area contributed by atoms with E-state index < -0.39 is 24.0 Å². The first-order chi connectivity index (χ1) is 11.9. The summed E-state index contributed by atoms with van der Waals surface area (Å²) in [7, 11) is 0. The summed E-state index contributed by atoms with van der Waals surface area (Å²) in [6.45, 7) is 5.18. The SMILES string of the molecule is Cc1cccc(C(=O)O[C@H](C)C(=O)NC(=O)NC2CCCCC2)c1C. The van der Waals surface area contributed by atoms with Crippen LogP contribution in [0.2, 0.25) is 0 Å². The lowest BCUT2D eigenvalue weighted by atomic mass is 9.96. The number of aryl methyl sites for hydroxylation is 1. The standard InChI is InChI=1S/C19H26N2O4/c1-12-8-7-11-16(13(12)2)18(23)25-14(3)17(22)21-19(24)20-15-9-5-4-6-10-15/h7-8,11,14-15H,4-6,9-10H2,1-3H3,(H2,20,21,22,24)/t14-/m1/s1. The van der Waals surface area contributed by atoms with E-state index in [0.717, 1.165) is 36.8 Å². The zero-order valence-corrected chi connectivity index (χ0v) is 15.1. The van der Waals surface area contributed by atoms with E-state index in [9.17, 15) is 14.4 Å². The van der Waals surface area contributed by atoms with E-state index in [1.54, 1.807) is 12.1 Å². The number of nitrogens with one attached hydrogen (secondary N) is 2. The average molecular weight is 346 g/mol. The molecule has 1 fully saturated rings. The Hall–Kier alpha value is -2.37. The normalized spacial score (nSPS) is 16.0. The van der Waals surface area contributed by atoms with Crippen LogP contribution in [0, 0.1) is 13.8 Å². The van der Waals surface area contributed by atoms with Gasteiger partial charge >= 0.3 is 12.0 Å². The lowest BCUT2D eigenvalue weighted by Gasteiger charge is -2.23. The van der Waals surface area contributed by atoms with Crippen molar-refractivity contribution in [3.63, 3.8) is 0 Å². The number of amides is 3. The van der Waals surface area contributed by atoms with Crippen LogP contribution < -0.4 is 10.6 Å². The molecule has 2 N–H and O–H groups in total. The first-order valence-electron chi connectivity index (χ1n) is 8.77. The first kappa shape index (κ1) is 19.0. The quantitative estimate of drug-likeness (QED) is 0.821. The predicted octanol–water partition coefficient (Wildman–Crippen LogP) is 3.01. The van der Waals surface area contributed by atoms with Crippen molar-refractivity contribution in [2.75, 3.05) is 0 Å². The smallest absolute Gasteiger partial charge is 0.339 e. The fourth-order valence-corrected chi connectivity index (χ4v) is 2.93. The molecule has 6 nitrogen and oxygen atoms in total. The maximum atomic E-state index is 12.2. The van der Waals surface area contributed by atoms with Crippen molar-refractivity contribution in [2.24, 2.45) is 0 Å². The first-order valence-corrected chi connectivity index (χ1v) is 8.77. The Kier molecular flexibility index (Phi) is 6.56. The highest BCUT2D eigenvalue weighted by molar-refractivity contribution is 5.99. The van der Waals surface area contributed by atoms with E-state index in [2.05, 4.69) is 10.6 Å². The minimum atomic E-state index is -1.05. The van der Waals surface area contributed by atoms with Gasteiger partial charge in [-0.2, -0.15) is 0 Å². The van der Waals surface area contributed by atoms with E-state index >= 15 is 0 Å². The molecule has 1 aliphatic rings. The van der Waals surface area contributed by atoms with Crippen LogP contribution in [0.15, 0.2) is 18.2 Å². The number of hydrogen-bond donors (Lipinski definition) is 2. The van der Waals surface area contributed by atoms with Crippen molar-refractivity contribution in [2.45, 2.75) is 65.0 Å². The summed E-state index contributed by atoms with van der Waals surface area (Å²) in [5.74, 6) is -1.21. The molecule has 2 rings (SSSR count). The van der Waals surface area contributed by atoms with Crippen molar-refractivity contribution in [3.05, 3.63) is 34.9 Å². The van der Waals surface area contributed by atoms with Crippen molar-refractivity contribution < 1.29 is 19.1 Å². The monoisotopic (exact) mass is 346 g/mol. The Bertz CT molecular complexity index is 651. The van der Waals surface area contributed by atoms with E-state index in [4.69, 9.17) is 4.74 Å². The number of carbonyl (C=O) groups excluding carboxylic acids is 3. The zero-order valence-electron chi connectivity index (χ0n) is 15.1. The van der Waals surface area contributed by atoms with Crippen LogP contribution in [0.3, 0.4) is 0 Å². The molecule has 1 aromatic carbocycles. The molecule has 1 saturated carbocycles. The lowest BCUT2D eigenvalue weighted by molar-refractivity contribution is -0.127. The largest absolute Gasteiger partial charge is 0.449 e. The minimum Gasteiger partial charge on any atom is -0.449 e. The highest BCUT2D eigenvalue weighted by Crippen LogP contribution is 2.17. The van der Waals surface area contributed by atoms with Crippen LogP contribution in [-0.2, 0) is 9.53 Å². The minimum absolute atomic E-state index is 0.106. The van der Waals surface area contributed by atoms with Crippen LogP contribution in [0.1, 0.15) is 60.5 Å². The van der Waals surface area contributed by atoms with Gasteiger partial charge in [0.25, 0.3) is 5.91 Å². The number of esters is 1. The van der Waals surface area contributed by atoms with E-state index in [-0.39, 0.29) is 6.04 Å². The fourth-order valence-electron chi connectivity index (χ4n) is 2.93. The zero-order chi connectivity index (χ0) is 18.4. The van der Waals surface area contributed by atoms with Gasteiger partial charge in [0.15, 0.2) is 6.10 Å². The molecule has 0 spiro atoms. The molecular weight excluding hydrogens is 320 g/mol. The second-order valence-electron chi connectivity index (χ2n) is 6.59. The van der Waals surface area contributed by atoms with Gasteiger partial charge in [-0.3, -0.25) is 10.1 Å². The number of carbonyl (C=O) groups is 3. The Morgan fingerprint density at radius 2 is 1.80 bits per heavy atom. The van der Waals surface area contributed by atoms with Crippen LogP contribution in [0.25, 0.3) is 0 Å². The molecule has 1 atom stereocenters. The Labute approximate surface area is 148 Å². The second-order valence-corrected chi connectivity index (χ2v) is 6.59. The molecule has 0 bridgehead atoms. The van der Waals surface area contributed by atoms with Gasteiger partial charge in [-0.05, 0) is 50.8 Å². The molecule has 25 heavy (non-hydrogen) atoms. The maximum Gasteiger partial charge on any atom is 0.339 e. The van der Waals surface area contributed by atoms with Gasteiger partial charge in [0.2, 0.25) is 0 Å². The molecule has 3 amide bonds. The molecule has 6 heteroatoms. The predicted molar refractivity (Wildman–Crippen MR) is 94.3 cm³/mol. The van der Waals surface area contributed by atoms with Gasteiger partial charge in [-0.25, -0.2) is 9.59 Å². The summed E-state index contributed by atoms with van der Waals surface area (Å²) in [6.07, 6.45) is 4.16. The van der Waals surface area contributed by atoms with Gasteiger partial charge < -0.3 is 10.1 Å². The average Bonchev–Trinajstić information content (AvgIpc) is 2.57. The van der Waals surface area contributed by atoms with Crippen molar-refractivity contribution in [3.8, 4) is 0 Å². The summed E-state index contributed by atoms with van der Waals surface area (Å²) in [5.41, 5.74) is 2.21. The third-order valence-electron chi connectivity index (χ3n) is 4.65. The van der Waals surface area contributed by atoms with E-state index in [0.29, 0.717) is 5.56 Å². The van der Waals surface area contributed by atoms with E-state index in [1.165, 1.54) is 13.3 Å². The van der Waals surface area contributed by atoms with Gasteiger partial charge in [-0.1, -0.05) is 31.4 Å². The molecule has 1 aliphatic carbocycles. The number of imide groups is 1. The highest BCUT2D eigenvalue weighted by Gasteiger charge is 2.23. The molecule has 0 aliphatic heterocycles. The second kappa shape index (κ2) is 8.65. The Balaban J connectivity index is 1.85. The summed E-state index contributed by atoms with van der Waals surface area (Å²) in [6, 6.07) is 4.89. The Morgan fingerprint density at radius 1 is 1.12 bits per heavy atom. The van der Waals surface area contributed by atoms with Gasteiger partial charge in [0, 0.05) is 6.04 Å². The van der Waals surface area contributed by atoms with Gasteiger partial charge in [-0.15, -0.1) is 0 Å². The number of hydrogen-bond acceptors (Lipinski definition) is 4. The van der Waals surface area contributed by atoms with Crippen molar-refractivity contribution in [1.82, 2.24) is 10.6 Å². The summed E-state index contributed by atoms with van der Waals surface area (Å²) < 4.78 is 5.19. The third kappa shape index (κ3) is 5.31. The van der Waals surface area contributed by atoms with Crippen LogP contribution in [0.5, 0.6) is 0 Å². The van der Waals surface area contributed by atoms with Crippen molar-refractivity contribution >= 4 is 17.9 Å². The number of benzene rings is 1. The number of ether oxygens (including phenoxy) is 1. The van der Waals surface area contributed by atoms with E-state index in [1.807, 2.05) is 19.9 Å². The molecular formula is C19H26N2O4. The van der Waals surface area contributed by atoms with Crippen LogP contribution >= 0.6 is 0 Å². The summed E-state index contributed by atoms with van der Waals surface area (Å²) in [4.78, 5) is 36.2. The topological polar surface area (TPSA) is 84.5 Å². The molecule has 0 unspecified atom stereocenters. The third-order valence-corrected chi connectivity index (χ3v) is 4.65. The molecule has 0 radical (unpaired) electrons. The summed E-state index contributed by atoms with van der Waals surface area (Å²) >= 11 is 0. The van der Waals surface area contributed by atoms with Crippen molar-refractivity contribution in [1.29, 1.82) is 0 Å². The van der Waals surface area contributed by atoms with Gasteiger partial charge in [0.1, 0.15) is 0 Å². The fraction of sp³-hybridized carbons (Fsp3) is 0.526. The molecule has 136 valence electrons. The Morgan fingerprint density at radius 3 is 2.48 bits per heavy atom. The molecule has 0 saturated heterocycles. The molecule has 0 aromatic heterocycles. The van der Waals surface area contributed by atoms with Crippen LogP contribution in [-0.4, -0.2) is 30.1 Å². The number of urea groups is 1. The number of rotatable bonds is 4. The molecule has 1 aromatic rings. The highest BCUT2D eigenvalue weighted by atomic mass is 16.5. The van der Waals surface area contributed by atoms with Crippen LogP contribution in [0.4, 0.5) is 4.79 Å². The molecule has 0 heterocycles. The lowest BCUT2D eigenvalue weighted by Crippen LogP contribution is -2.48. The summed E-state index contributed by atoms with van der Waals surface area (Å²) in [5, 5.41) is 5.04. The maximum absolute atomic E-state index is 12.2.